The average molecular weight is 480 g/mol. The maximum atomic E-state index is 13.0. The number of fused-ring (bicyclic) bond motifs is 1. The first kappa shape index (κ1) is 21.8. The molecule has 3 aromatic rings. The summed E-state index contributed by atoms with van der Waals surface area (Å²) >= 11 is 7.61. The summed E-state index contributed by atoms with van der Waals surface area (Å²) in [4.78, 5) is 44.8. The standard InChI is InChI=1S/C25H22ClN3O3S/c26-22-10-9-19(33-22)16-27-11-13-28(14-12-27)23(30)18-7-5-17(6-8-18)15-29-24(31)20-3-1-2-4-21(20)25(29)32/h1-10H,11-16H2. The molecular formula is C25H22ClN3O3S. The van der Waals surface area contributed by atoms with Gasteiger partial charge in [0.15, 0.2) is 0 Å². The maximum Gasteiger partial charge on any atom is 0.261 e. The molecule has 5 rings (SSSR count). The third kappa shape index (κ3) is 4.44. The van der Waals surface area contributed by atoms with Gasteiger partial charge < -0.3 is 4.90 Å². The number of amides is 3. The van der Waals surface area contributed by atoms with Gasteiger partial charge in [0, 0.05) is 43.2 Å². The number of halogens is 1. The number of hydrogen-bond donors (Lipinski definition) is 0. The lowest BCUT2D eigenvalue weighted by Gasteiger charge is -2.34. The van der Waals surface area contributed by atoms with Gasteiger partial charge in [-0.15, -0.1) is 11.3 Å². The first-order valence-corrected chi connectivity index (χ1v) is 12.0. The summed E-state index contributed by atoms with van der Waals surface area (Å²) in [5.74, 6) is -0.557. The molecule has 0 saturated carbocycles. The summed E-state index contributed by atoms with van der Waals surface area (Å²) in [6, 6.07) is 18.0. The molecule has 0 atom stereocenters. The molecule has 1 aromatic heterocycles. The molecule has 0 aliphatic carbocycles. The second-order valence-corrected chi connectivity index (χ2v) is 10.0. The van der Waals surface area contributed by atoms with Crippen molar-refractivity contribution in [2.45, 2.75) is 13.1 Å². The van der Waals surface area contributed by atoms with Crippen LogP contribution in [0.1, 0.15) is 41.5 Å². The van der Waals surface area contributed by atoms with Crippen molar-refractivity contribution in [3.63, 3.8) is 0 Å². The van der Waals surface area contributed by atoms with Gasteiger partial charge in [0.25, 0.3) is 17.7 Å². The van der Waals surface area contributed by atoms with Crippen molar-refractivity contribution in [2.24, 2.45) is 0 Å². The molecule has 2 aliphatic rings. The fourth-order valence-corrected chi connectivity index (χ4v) is 5.40. The van der Waals surface area contributed by atoms with Gasteiger partial charge >= 0.3 is 0 Å². The molecule has 1 saturated heterocycles. The molecule has 6 nitrogen and oxygen atoms in total. The number of nitrogens with zero attached hydrogens (tertiary/aromatic N) is 3. The second kappa shape index (κ2) is 9.09. The van der Waals surface area contributed by atoms with Gasteiger partial charge in [0.05, 0.1) is 22.0 Å². The molecule has 2 aliphatic heterocycles. The number of benzene rings is 2. The van der Waals surface area contributed by atoms with Gasteiger partial charge in [-0.1, -0.05) is 35.9 Å². The molecule has 168 valence electrons. The van der Waals surface area contributed by atoms with Gasteiger partial charge in [-0.3, -0.25) is 24.2 Å². The van der Waals surface area contributed by atoms with Crippen LogP contribution in [0.2, 0.25) is 4.34 Å². The quantitative estimate of drug-likeness (QED) is 0.516. The Labute approximate surface area is 201 Å². The topological polar surface area (TPSA) is 60.9 Å². The molecule has 1 fully saturated rings. The van der Waals surface area contributed by atoms with Crippen molar-refractivity contribution in [1.29, 1.82) is 0 Å². The Hall–Kier alpha value is -3.00. The molecular weight excluding hydrogens is 458 g/mol. The Morgan fingerprint density at radius 3 is 2.03 bits per heavy atom. The Kier molecular flexibility index (Phi) is 6.01. The van der Waals surface area contributed by atoms with Crippen molar-refractivity contribution >= 4 is 40.7 Å². The van der Waals surface area contributed by atoms with Crippen molar-refractivity contribution < 1.29 is 14.4 Å². The van der Waals surface area contributed by atoms with Crippen molar-refractivity contribution in [2.75, 3.05) is 26.2 Å². The average Bonchev–Trinajstić information content (AvgIpc) is 3.36. The number of carbonyl (C=O) groups is 3. The monoisotopic (exact) mass is 479 g/mol. The van der Waals surface area contributed by atoms with E-state index >= 15 is 0 Å². The summed E-state index contributed by atoms with van der Waals surface area (Å²) in [7, 11) is 0. The van der Waals surface area contributed by atoms with Crippen LogP contribution in [-0.4, -0.2) is 58.6 Å². The lowest BCUT2D eigenvalue weighted by molar-refractivity contribution is 0.0622. The number of thiophene rings is 1. The van der Waals surface area contributed by atoms with Crippen LogP contribution in [0.5, 0.6) is 0 Å². The Morgan fingerprint density at radius 1 is 0.818 bits per heavy atom. The van der Waals surface area contributed by atoms with E-state index in [4.69, 9.17) is 11.6 Å². The summed E-state index contributed by atoms with van der Waals surface area (Å²) in [6.45, 7) is 4.03. The lowest BCUT2D eigenvalue weighted by Crippen LogP contribution is -2.48. The number of imide groups is 1. The fraction of sp³-hybridized carbons (Fsp3) is 0.240. The highest BCUT2D eigenvalue weighted by molar-refractivity contribution is 7.16. The van der Waals surface area contributed by atoms with E-state index in [0.717, 1.165) is 29.5 Å². The van der Waals surface area contributed by atoms with Crippen molar-refractivity contribution in [3.8, 4) is 0 Å². The molecule has 0 unspecified atom stereocenters. The van der Waals surface area contributed by atoms with E-state index in [0.29, 0.717) is 29.8 Å². The van der Waals surface area contributed by atoms with Gasteiger partial charge in [-0.2, -0.15) is 0 Å². The molecule has 0 radical (unpaired) electrons. The summed E-state index contributed by atoms with van der Waals surface area (Å²) < 4.78 is 0.797. The van der Waals surface area contributed by atoms with Crippen LogP contribution in [0, 0.1) is 0 Å². The molecule has 0 bridgehead atoms. The molecule has 0 N–H and O–H groups in total. The normalized spacial score (nSPS) is 16.4. The second-order valence-electron chi connectivity index (χ2n) is 8.21. The fourth-order valence-electron chi connectivity index (χ4n) is 4.27. The predicted octanol–water partition coefficient (Wildman–Crippen LogP) is 4.16. The molecule has 2 aromatic carbocycles. The third-order valence-electron chi connectivity index (χ3n) is 6.09. The van der Waals surface area contributed by atoms with Gasteiger partial charge in [0.1, 0.15) is 0 Å². The van der Waals surface area contributed by atoms with Crippen LogP contribution < -0.4 is 0 Å². The van der Waals surface area contributed by atoms with Crippen LogP contribution in [0.25, 0.3) is 0 Å². The van der Waals surface area contributed by atoms with Gasteiger partial charge in [0.2, 0.25) is 0 Å². The lowest BCUT2D eigenvalue weighted by atomic mass is 10.1. The van der Waals surface area contributed by atoms with Crippen molar-refractivity contribution in [3.05, 3.63) is 92.1 Å². The first-order chi connectivity index (χ1) is 16.0. The minimum absolute atomic E-state index is 0.00102. The maximum absolute atomic E-state index is 13.0. The van der Waals surface area contributed by atoms with E-state index in [9.17, 15) is 14.4 Å². The number of piperazine rings is 1. The molecule has 3 heterocycles. The SMILES string of the molecule is O=C(c1ccc(CN2C(=O)c3ccccc3C2=O)cc1)N1CCN(Cc2ccc(Cl)s2)CC1. The van der Waals surface area contributed by atoms with Gasteiger partial charge in [-0.25, -0.2) is 0 Å². The summed E-state index contributed by atoms with van der Waals surface area (Å²) in [5, 5.41) is 0. The number of carbonyl (C=O) groups excluding carboxylic acids is 3. The first-order valence-electron chi connectivity index (χ1n) is 10.8. The molecule has 3 amide bonds. The van der Waals surface area contributed by atoms with E-state index in [1.807, 2.05) is 29.2 Å². The number of hydrogen-bond acceptors (Lipinski definition) is 5. The highest BCUT2D eigenvalue weighted by Crippen LogP contribution is 2.25. The van der Waals surface area contributed by atoms with E-state index in [1.54, 1.807) is 47.7 Å². The van der Waals surface area contributed by atoms with Gasteiger partial charge in [-0.05, 0) is 42.0 Å². The summed E-state index contributed by atoms with van der Waals surface area (Å²) in [5.41, 5.74) is 2.30. The van der Waals surface area contributed by atoms with Crippen LogP contribution >= 0.6 is 22.9 Å². The van der Waals surface area contributed by atoms with E-state index < -0.39 is 0 Å². The molecule has 33 heavy (non-hydrogen) atoms. The zero-order valence-corrected chi connectivity index (χ0v) is 19.4. The number of rotatable bonds is 5. The Bertz CT molecular complexity index is 1180. The van der Waals surface area contributed by atoms with E-state index in [1.165, 1.54) is 9.78 Å². The van der Waals surface area contributed by atoms with Crippen LogP contribution in [0.3, 0.4) is 0 Å². The zero-order valence-electron chi connectivity index (χ0n) is 17.9. The summed E-state index contributed by atoms with van der Waals surface area (Å²) in [6.07, 6.45) is 0. The molecule has 0 spiro atoms. The smallest absolute Gasteiger partial charge is 0.261 e. The minimum Gasteiger partial charge on any atom is -0.336 e. The van der Waals surface area contributed by atoms with Crippen LogP contribution in [0.4, 0.5) is 0 Å². The van der Waals surface area contributed by atoms with Crippen LogP contribution in [0.15, 0.2) is 60.7 Å². The predicted molar refractivity (Wildman–Crippen MR) is 128 cm³/mol. The van der Waals surface area contributed by atoms with E-state index in [2.05, 4.69) is 4.90 Å². The molecule has 8 heteroatoms. The zero-order chi connectivity index (χ0) is 22.9. The van der Waals surface area contributed by atoms with Crippen LogP contribution in [-0.2, 0) is 13.1 Å². The highest BCUT2D eigenvalue weighted by Gasteiger charge is 2.35. The van der Waals surface area contributed by atoms with Crippen molar-refractivity contribution in [1.82, 2.24) is 14.7 Å². The third-order valence-corrected chi connectivity index (χ3v) is 7.30. The largest absolute Gasteiger partial charge is 0.336 e. The Balaban J connectivity index is 1.18. The highest BCUT2D eigenvalue weighted by atomic mass is 35.5. The Morgan fingerprint density at radius 2 is 1.45 bits per heavy atom. The minimum atomic E-state index is -0.279. The van der Waals surface area contributed by atoms with E-state index in [-0.39, 0.29) is 24.3 Å².